The van der Waals surface area contributed by atoms with Crippen LogP contribution in [0.25, 0.3) is 0 Å². The molecule has 30 heavy (non-hydrogen) atoms. The average molecular weight is 461 g/mol. The molecule has 2 aromatic heterocycles. The second-order valence-electron chi connectivity index (χ2n) is 6.29. The Balaban J connectivity index is 1.39. The lowest BCUT2D eigenvalue weighted by molar-refractivity contribution is 0.102. The Morgan fingerprint density at radius 2 is 1.43 bits per heavy atom. The van der Waals surface area contributed by atoms with Gasteiger partial charge in [0, 0.05) is 33.7 Å². The zero-order valence-electron chi connectivity index (χ0n) is 15.7. The normalized spacial score (nSPS) is 10.3. The molecule has 2 aromatic carbocycles. The van der Waals surface area contributed by atoms with Crippen molar-refractivity contribution in [2.45, 2.75) is 0 Å². The van der Waals surface area contributed by atoms with Crippen molar-refractivity contribution in [3.63, 3.8) is 0 Å². The van der Waals surface area contributed by atoms with Crippen molar-refractivity contribution < 1.29 is 4.79 Å². The minimum atomic E-state index is -0.163. The molecule has 1 amide bonds. The maximum atomic E-state index is 12.3. The highest BCUT2D eigenvalue weighted by Gasteiger charge is 2.06. The van der Waals surface area contributed by atoms with Crippen molar-refractivity contribution in [1.82, 2.24) is 15.0 Å². The smallest absolute Gasteiger partial charge is 0.255 e. The maximum absolute atomic E-state index is 12.3. The molecule has 7 nitrogen and oxygen atoms in total. The van der Waals surface area contributed by atoms with Crippen LogP contribution in [0.15, 0.2) is 89.8 Å². The van der Waals surface area contributed by atoms with E-state index in [-0.39, 0.29) is 5.91 Å². The fourth-order valence-electron chi connectivity index (χ4n) is 2.65. The van der Waals surface area contributed by atoms with E-state index < -0.39 is 0 Å². The van der Waals surface area contributed by atoms with Gasteiger partial charge in [0.15, 0.2) is 0 Å². The zero-order chi connectivity index (χ0) is 20.8. The number of amides is 1. The fraction of sp³-hybridized carbons (Fsp3) is 0. The molecule has 0 saturated heterocycles. The third-order valence-corrected chi connectivity index (χ3v) is 4.64. The van der Waals surface area contributed by atoms with Gasteiger partial charge in [-0.15, -0.1) is 0 Å². The monoisotopic (exact) mass is 460 g/mol. The van der Waals surface area contributed by atoms with Crippen LogP contribution in [0.3, 0.4) is 0 Å². The number of aromatic nitrogens is 3. The van der Waals surface area contributed by atoms with Gasteiger partial charge < -0.3 is 16.0 Å². The number of anilines is 5. The molecule has 0 aliphatic rings. The van der Waals surface area contributed by atoms with Crippen LogP contribution >= 0.6 is 15.9 Å². The first kappa shape index (κ1) is 19.5. The van der Waals surface area contributed by atoms with Crippen LogP contribution < -0.4 is 16.0 Å². The minimum absolute atomic E-state index is 0.163. The van der Waals surface area contributed by atoms with Gasteiger partial charge >= 0.3 is 0 Å². The van der Waals surface area contributed by atoms with Gasteiger partial charge in [0.2, 0.25) is 0 Å². The van der Waals surface area contributed by atoms with Crippen molar-refractivity contribution in [2.75, 3.05) is 16.0 Å². The number of nitrogens with one attached hydrogen (secondary N) is 3. The second-order valence-corrected chi connectivity index (χ2v) is 7.21. The van der Waals surface area contributed by atoms with Crippen LogP contribution in [0.4, 0.5) is 28.8 Å². The summed E-state index contributed by atoms with van der Waals surface area (Å²) in [6.45, 7) is 0. The first-order valence-electron chi connectivity index (χ1n) is 9.10. The Kier molecular flexibility index (Phi) is 5.95. The lowest BCUT2D eigenvalue weighted by Gasteiger charge is -2.10. The Morgan fingerprint density at radius 3 is 2.13 bits per heavy atom. The predicted octanol–water partition coefficient (Wildman–Crippen LogP) is 5.37. The van der Waals surface area contributed by atoms with E-state index >= 15 is 0 Å². The number of benzene rings is 2. The molecule has 4 aromatic rings. The molecule has 2 heterocycles. The van der Waals surface area contributed by atoms with E-state index in [4.69, 9.17) is 0 Å². The van der Waals surface area contributed by atoms with Gasteiger partial charge in [0.25, 0.3) is 5.91 Å². The van der Waals surface area contributed by atoms with Crippen LogP contribution in [0.1, 0.15) is 10.4 Å². The SMILES string of the molecule is O=C(Nc1ccc(Nc2cc(Nc3ccccn3)ncn2)cc1)c1ccc(Br)cc1. The Labute approximate surface area is 181 Å². The van der Waals surface area contributed by atoms with Gasteiger partial charge in [-0.05, 0) is 60.7 Å². The summed E-state index contributed by atoms with van der Waals surface area (Å²) in [4.78, 5) is 25.0. The number of rotatable bonds is 6. The Morgan fingerprint density at radius 1 is 0.733 bits per heavy atom. The molecule has 3 N–H and O–H groups in total. The van der Waals surface area contributed by atoms with Crippen molar-refractivity contribution in [1.29, 1.82) is 0 Å². The highest BCUT2D eigenvalue weighted by atomic mass is 79.9. The van der Waals surface area contributed by atoms with Crippen LogP contribution in [0.5, 0.6) is 0 Å². The summed E-state index contributed by atoms with van der Waals surface area (Å²) in [5.74, 6) is 1.80. The Hall–Kier alpha value is -3.78. The number of hydrogen-bond donors (Lipinski definition) is 3. The number of carbonyl (C=O) groups excluding carboxylic acids is 1. The molecule has 0 spiro atoms. The van der Waals surface area contributed by atoms with E-state index in [9.17, 15) is 4.79 Å². The van der Waals surface area contributed by atoms with E-state index in [1.54, 1.807) is 24.4 Å². The van der Waals surface area contributed by atoms with Crippen molar-refractivity contribution >= 4 is 50.7 Å². The number of nitrogens with zero attached hydrogens (tertiary/aromatic N) is 3. The number of hydrogen-bond acceptors (Lipinski definition) is 6. The topological polar surface area (TPSA) is 91.8 Å². The van der Waals surface area contributed by atoms with Crippen LogP contribution in [-0.2, 0) is 0 Å². The quantitative estimate of drug-likeness (QED) is 0.358. The van der Waals surface area contributed by atoms with E-state index in [1.807, 2.05) is 54.6 Å². The molecule has 0 fully saturated rings. The lowest BCUT2D eigenvalue weighted by Crippen LogP contribution is -2.11. The summed E-state index contributed by atoms with van der Waals surface area (Å²) in [5, 5.41) is 9.23. The van der Waals surface area contributed by atoms with Crippen molar-refractivity contribution in [3.8, 4) is 0 Å². The van der Waals surface area contributed by atoms with Crippen molar-refractivity contribution in [2.24, 2.45) is 0 Å². The van der Waals surface area contributed by atoms with Gasteiger partial charge in [0.05, 0.1) is 0 Å². The van der Waals surface area contributed by atoms with Crippen molar-refractivity contribution in [3.05, 3.63) is 95.4 Å². The van der Waals surface area contributed by atoms with Gasteiger partial charge in [0.1, 0.15) is 23.8 Å². The molecule has 0 radical (unpaired) electrons. The van der Waals surface area contributed by atoms with Crippen LogP contribution in [0, 0.1) is 0 Å². The maximum Gasteiger partial charge on any atom is 0.255 e. The molecule has 0 saturated carbocycles. The molecule has 8 heteroatoms. The molecule has 148 valence electrons. The summed E-state index contributed by atoms with van der Waals surface area (Å²) < 4.78 is 0.928. The molecule has 0 aliphatic heterocycles. The zero-order valence-corrected chi connectivity index (χ0v) is 17.3. The minimum Gasteiger partial charge on any atom is -0.340 e. The number of pyridine rings is 1. The van der Waals surface area contributed by atoms with Gasteiger partial charge in [-0.2, -0.15) is 0 Å². The number of carbonyl (C=O) groups is 1. The summed E-state index contributed by atoms with van der Waals surface area (Å²) >= 11 is 3.36. The second kappa shape index (κ2) is 9.15. The van der Waals surface area contributed by atoms with E-state index in [2.05, 4.69) is 46.8 Å². The van der Waals surface area contributed by atoms with Crippen LogP contribution in [0.2, 0.25) is 0 Å². The molecule has 0 atom stereocenters. The van der Waals surface area contributed by atoms with Gasteiger partial charge in [-0.3, -0.25) is 4.79 Å². The average Bonchev–Trinajstić information content (AvgIpc) is 2.76. The van der Waals surface area contributed by atoms with Crippen LogP contribution in [-0.4, -0.2) is 20.9 Å². The lowest BCUT2D eigenvalue weighted by atomic mass is 10.2. The molecule has 0 aliphatic carbocycles. The third kappa shape index (κ3) is 5.18. The molecular formula is C22H17BrN6O. The third-order valence-electron chi connectivity index (χ3n) is 4.11. The van der Waals surface area contributed by atoms with E-state index in [0.29, 0.717) is 28.7 Å². The van der Waals surface area contributed by atoms with Gasteiger partial charge in [-0.1, -0.05) is 22.0 Å². The first-order valence-corrected chi connectivity index (χ1v) is 9.89. The summed E-state index contributed by atoms with van der Waals surface area (Å²) in [6.07, 6.45) is 3.18. The molecule has 4 rings (SSSR count). The summed E-state index contributed by atoms with van der Waals surface area (Å²) in [5.41, 5.74) is 2.13. The molecule has 0 bridgehead atoms. The highest BCUT2D eigenvalue weighted by Crippen LogP contribution is 2.20. The summed E-state index contributed by atoms with van der Waals surface area (Å²) in [6, 6.07) is 22.0. The standard InChI is InChI=1S/C22H17BrN6O/c23-16-6-4-15(5-7-16)22(30)28-18-10-8-17(9-11-18)27-20-13-21(26-14-25-20)29-19-3-1-2-12-24-19/h1-14H,(H,28,30)(H2,24,25,26,27,29). The largest absolute Gasteiger partial charge is 0.340 e. The van der Waals surface area contributed by atoms with Gasteiger partial charge in [-0.25, -0.2) is 15.0 Å². The highest BCUT2D eigenvalue weighted by molar-refractivity contribution is 9.10. The number of halogens is 1. The summed E-state index contributed by atoms with van der Waals surface area (Å²) in [7, 11) is 0. The Bertz CT molecular complexity index is 1130. The first-order chi connectivity index (χ1) is 14.7. The van der Waals surface area contributed by atoms with E-state index in [0.717, 1.165) is 10.2 Å². The predicted molar refractivity (Wildman–Crippen MR) is 121 cm³/mol. The molecular weight excluding hydrogens is 444 g/mol. The molecule has 0 unspecified atom stereocenters. The fourth-order valence-corrected chi connectivity index (χ4v) is 2.92. The van der Waals surface area contributed by atoms with E-state index in [1.165, 1.54) is 6.33 Å².